The van der Waals surface area contributed by atoms with Gasteiger partial charge in [-0.1, -0.05) is 33.2 Å². The molecule has 0 saturated carbocycles. The van der Waals surface area contributed by atoms with Gasteiger partial charge in [0.2, 0.25) is 5.82 Å². The van der Waals surface area contributed by atoms with Crippen LogP contribution in [0.15, 0.2) is 33.3 Å². The number of rotatable bonds is 4. The molecule has 1 aliphatic rings. The zero-order chi connectivity index (χ0) is 13.8. The van der Waals surface area contributed by atoms with Gasteiger partial charge in [0, 0.05) is 10.0 Å². The summed E-state index contributed by atoms with van der Waals surface area (Å²) in [6.07, 6.45) is 2.36. The molecule has 0 atom stereocenters. The van der Waals surface area contributed by atoms with E-state index < -0.39 is 0 Å². The Bertz CT molecular complexity index is 567. The highest BCUT2D eigenvalue weighted by molar-refractivity contribution is 9.10. The minimum Gasteiger partial charge on any atom is -0.368 e. The minimum absolute atomic E-state index is 0.289. The van der Waals surface area contributed by atoms with Crippen molar-refractivity contribution in [1.29, 1.82) is 0 Å². The van der Waals surface area contributed by atoms with Crippen LogP contribution in [0.25, 0.3) is 11.4 Å². The second-order valence-corrected chi connectivity index (χ2v) is 5.70. The average molecular weight is 338 g/mol. The van der Waals surface area contributed by atoms with Crippen molar-refractivity contribution in [2.75, 3.05) is 13.1 Å². The lowest BCUT2D eigenvalue weighted by Crippen LogP contribution is -2.32. The fraction of sp³-hybridized carbons (Fsp3) is 0.429. The van der Waals surface area contributed by atoms with Crippen LogP contribution in [0.2, 0.25) is 0 Å². The SMILES string of the molecule is Brc1cccc(-c2noc(COC3CCNCC3)n2)c1. The molecule has 2 aromatic rings. The number of nitrogens with zero attached hydrogens (tertiary/aromatic N) is 2. The summed E-state index contributed by atoms with van der Waals surface area (Å²) >= 11 is 3.43. The molecule has 6 heteroatoms. The Labute approximate surface area is 125 Å². The molecule has 1 saturated heterocycles. The van der Waals surface area contributed by atoms with E-state index in [1.165, 1.54) is 0 Å². The van der Waals surface area contributed by atoms with Gasteiger partial charge in [-0.05, 0) is 38.1 Å². The Morgan fingerprint density at radius 1 is 1.35 bits per heavy atom. The molecular formula is C14H16BrN3O2. The quantitative estimate of drug-likeness (QED) is 0.929. The third kappa shape index (κ3) is 3.45. The molecule has 5 nitrogen and oxygen atoms in total. The molecule has 20 heavy (non-hydrogen) atoms. The first-order chi connectivity index (χ1) is 9.81. The van der Waals surface area contributed by atoms with Crippen molar-refractivity contribution < 1.29 is 9.26 Å². The maximum atomic E-state index is 5.80. The Balaban J connectivity index is 1.61. The molecule has 0 radical (unpaired) electrons. The summed E-state index contributed by atoms with van der Waals surface area (Å²) in [5.74, 6) is 1.12. The van der Waals surface area contributed by atoms with Gasteiger partial charge in [-0.15, -0.1) is 0 Å². The zero-order valence-corrected chi connectivity index (χ0v) is 12.6. The van der Waals surface area contributed by atoms with Gasteiger partial charge < -0.3 is 14.6 Å². The van der Waals surface area contributed by atoms with Crippen molar-refractivity contribution in [3.63, 3.8) is 0 Å². The average Bonchev–Trinajstić information content (AvgIpc) is 2.95. The predicted octanol–water partition coefficient (Wildman–Crippen LogP) is 2.77. The Morgan fingerprint density at radius 2 is 2.20 bits per heavy atom. The molecule has 106 valence electrons. The normalized spacial score (nSPS) is 16.4. The van der Waals surface area contributed by atoms with Gasteiger partial charge in [0.05, 0.1) is 6.10 Å². The summed E-state index contributed by atoms with van der Waals surface area (Å²) in [5.41, 5.74) is 0.927. The van der Waals surface area contributed by atoms with E-state index in [9.17, 15) is 0 Å². The van der Waals surface area contributed by atoms with Gasteiger partial charge in [0.25, 0.3) is 5.89 Å². The van der Waals surface area contributed by atoms with Crippen LogP contribution in [-0.4, -0.2) is 29.3 Å². The van der Waals surface area contributed by atoms with Gasteiger partial charge in [-0.25, -0.2) is 0 Å². The van der Waals surface area contributed by atoms with Crippen LogP contribution in [0.1, 0.15) is 18.7 Å². The summed E-state index contributed by atoms with van der Waals surface area (Å²) in [6, 6.07) is 7.82. The van der Waals surface area contributed by atoms with Crippen LogP contribution in [0.5, 0.6) is 0 Å². The molecule has 1 aromatic carbocycles. The largest absolute Gasteiger partial charge is 0.368 e. The lowest BCUT2D eigenvalue weighted by atomic mass is 10.1. The monoisotopic (exact) mass is 337 g/mol. The second-order valence-electron chi connectivity index (χ2n) is 4.78. The molecule has 0 amide bonds. The number of hydrogen-bond acceptors (Lipinski definition) is 5. The van der Waals surface area contributed by atoms with Crippen LogP contribution in [0, 0.1) is 0 Å². The zero-order valence-electron chi connectivity index (χ0n) is 11.0. The topological polar surface area (TPSA) is 60.2 Å². The summed E-state index contributed by atoms with van der Waals surface area (Å²) in [5, 5.41) is 7.30. The molecular weight excluding hydrogens is 322 g/mol. The minimum atomic E-state index is 0.289. The number of piperidine rings is 1. The lowest BCUT2D eigenvalue weighted by molar-refractivity contribution is 0.00859. The number of halogens is 1. The highest BCUT2D eigenvalue weighted by Gasteiger charge is 2.15. The predicted molar refractivity (Wildman–Crippen MR) is 78.1 cm³/mol. The van der Waals surface area contributed by atoms with Crippen LogP contribution in [0.3, 0.4) is 0 Å². The van der Waals surface area contributed by atoms with Crippen molar-refractivity contribution >= 4 is 15.9 Å². The van der Waals surface area contributed by atoms with E-state index in [0.29, 0.717) is 18.3 Å². The number of aromatic nitrogens is 2. The van der Waals surface area contributed by atoms with Gasteiger partial charge in [0.1, 0.15) is 6.61 Å². The number of ether oxygens (including phenoxy) is 1. The summed E-state index contributed by atoms with van der Waals surface area (Å²) < 4.78 is 12.0. The van der Waals surface area contributed by atoms with Crippen molar-refractivity contribution in [3.8, 4) is 11.4 Å². The lowest BCUT2D eigenvalue weighted by Gasteiger charge is -2.21. The Hall–Kier alpha value is -1.24. The van der Waals surface area contributed by atoms with Crippen molar-refractivity contribution in [1.82, 2.24) is 15.5 Å². The van der Waals surface area contributed by atoms with Crippen molar-refractivity contribution in [2.24, 2.45) is 0 Å². The maximum Gasteiger partial charge on any atom is 0.252 e. The fourth-order valence-corrected chi connectivity index (χ4v) is 2.61. The van der Waals surface area contributed by atoms with E-state index in [1.54, 1.807) is 0 Å². The molecule has 0 bridgehead atoms. The smallest absolute Gasteiger partial charge is 0.252 e. The van der Waals surface area contributed by atoms with E-state index in [-0.39, 0.29) is 6.10 Å². The molecule has 1 aliphatic heterocycles. The number of nitrogens with one attached hydrogen (secondary N) is 1. The fourth-order valence-electron chi connectivity index (χ4n) is 2.21. The summed E-state index contributed by atoms with van der Waals surface area (Å²) in [7, 11) is 0. The molecule has 1 N–H and O–H groups in total. The van der Waals surface area contributed by atoms with Crippen LogP contribution >= 0.6 is 15.9 Å². The molecule has 2 heterocycles. The van der Waals surface area contributed by atoms with E-state index in [2.05, 4.69) is 31.4 Å². The summed E-state index contributed by atoms with van der Waals surface area (Å²) in [6.45, 7) is 2.40. The summed E-state index contributed by atoms with van der Waals surface area (Å²) in [4.78, 5) is 4.37. The van der Waals surface area contributed by atoms with Crippen molar-refractivity contribution in [2.45, 2.75) is 25.6 Å². The van der Waals surface area contributed by atoms with Crippen LogP contribution in [0.4, 0.5) is 0 Å². The van der Waals surface area contributed by atoms with E-state index in [0.717, 1.165) is 36.0 Å². The van der Waals surface area contributed by atoms with E-state index in [1.807, 2.05) is 24.3 Å². The third-order valence-corrected chi connectivity index (χ3v) is 3.77. The molecule has 0 aliphatic carbocycles. The molecule has 1 aromatic heterocycles. The van der Waals surface area contributed by atoms with Gasteiger partial charge in [0.15, 0.2) is 0 Å². The molecule has 0 unspecified atom stereocenters. The van der Waals surface area contributed by atoms with Gasteiger partial charge >= 0.3 is 0 Å². The van der Waals surface area contributed by atoms with Crippen molar-refractivity contribution in [3.05, 3.63) is 34.6 Å². The number of benzene rings is 1. The van der Waals surface area contributed by atoms with Gasteiger partial charge in [-0.2, -0.15) is 4.98 Å². The first kappa shape index (κ1) is 13.7. The van der Waals surface area contributed by atoms with E-state index in [4.69, 9.17) is 9.26 Å². The maximum absolute atomic E-state index is 5.80. The Kier molecular flexibility index (Phi) is 4.44. The highest BCUT2D eigenvalue weighted by Crippen LogP contribution is 2.20. The first-order valence-corrected chi connectivity index (χ1v) is 7.51. The highest BCUT2D eigenvalue weighted by atomic mass is 79.9. The van der Waals surface area contributed by atoms with Crippen LogP contribution < -0.4 is 5.32 Å². The standard InChI is InChI=1S/C14H16BrN3O2/c15-11-3-1-2-10(8-11)14-17-13(20-18-14)9-19-12-4-6-16-7-5-12/h1-3,8,12,16H,4-7,9H2. The molecule has 1 fully saturated rings. The Morgan fingerprint density at radius 3 is 3.00 bits per heavy atom. The van der Waals surface area contributed by atoms with E-state index >= 15 is 0 Å². The first-order valence-electron chi connectivity index (χ1n) is 6.72. The van der Waals surface area contributed by atoms with Crippen LogP contribution in [-0.2, 0) is 11.3 Å². The molecule has 3 rings (SSSR count). The van der Waals surface area contributed by atoms with Gasteiger partial charge in [-0.3, -0.25) is 0 Å². The number of hydrogen-bond donors (Lipinski definition) is 1. The second kappa shape index (κ2) is 6.47. The molecule has 0 spiro atoms. The third-order valence-electron chi connectivity index (χ3n) is 3.28.